The van der Waals surface area contributed by atoms with Crippen LogP contribution >= 0.6 is 0 Å². The summed E-state index contributed by atoms with van der Waals surface area (Å²) in [7, 11) is -2.58. The molecule has 0 spiro atoms. The Morgan fingerprint density at radius 3 is 2.38 bits per heavy atom. The van der Waals surface area contributed by atoms with Crippen molar-refractivity contribution in [3.63, 3.8) is 0 Å². The molecule has 1 heterocycles. The average Bonchev–Trinajstić information content (AvgIpc) is 3.40. The summed E-state index contributed by atoms with van der Waals surface area (Å²) in [6, 6.07) is 12.3. The molecule has 0 N–H and O–H groups in total. The van der Waals surface area contributed by atoms with Crippen molar-refractivity contribution in [3.8, 4) is 16.9 Å². The van der Waals surface area contributed by atoms with Gasteiger partial charge in [-0.2, -0.15) is 0 Å². The number of nitrogens with zero attached hydrogens (tertiary/aromatic N) is 1. The van der Waals surface area contributed by atoms with Crippen molar-refractivity contribution in [2.75, 3.05) is 13.7 Å². The van der Waals surface area contributed by atoms with Crippen molar-refractivity contribution in [2.24, 2.45) is 0 Å². The highest BCUT2D eigenvalue weighted by Gasteiger charge is 2.28. The molecule has 3 rings (SSSR count). The fraction of sp³-hybridized carbons (Fsp3) is 0.333. The highest BCUT2D eigenvalue weighted by Crippen LogP contribution is 2.37. The molecule has 0 aliphatic carbocycles. The minimum atomic E-state index is -3.79. The molecular weight excluding hydrogens is 498 g/mol. The highest BCUT2D eigenvalue weighted by molar-refractivity contribution is 7.90. The fourth-order valence-electron chi connectivity index (χ4n) is 3.59. The Morgan fingerprint density at radius 2 is 1.81 bits per heavy atom. The van der Waals surface area contributed by atoms with E-state index in [0.717, 1.165) is 5.06 Å². The number of furan rings is 1. The molecule has 0 fully saturated rings. The third-order valence-corrected chi connectivity index (χ3v) is 6.98. The van der Waals surface area contributed by atoms with E-state index in [0.29, 0.717) is 17.5 Å². The van der Waals surface area contributed by atoms with E-state index in [1.165, 1.54) is 31.8 Å². The van der Waals surface area contributed by atoms with Crippen LogP contribution in [0.5, 0.6) is 5.75 Å². The molecule has 1 unspecified atom stereocenters. The van der Waals surface area contributed by atoms with E-state index in [4.69, 9.17) is 18.7 Å². The first-order valence-corrected chi connectivity index (χ1v) is 13.2. The summed E-state index contributed by atoms with van der Waals surface area (Å²) in [5, 5.41) is 1.14. The normalized spacial score (nSPS) is 12.6. The Balaban J connectivity index is 2.07. The summed E-state index contributed by atoms with van der Waals surface area (Å²) in [6.45, 7) is 7.08. The van der Waals surface area contributed by atoms with E-state index in [1.807, 2.05) is 0 Å². The van der Waals surface area contributed by atoms with Gasteiger partial charge in [-0.1, -0.05) is 30.3 Å². The van der Waals surface area contributed by atoms with Crippen molar-refractivity contribution in [3.05, 3.63) is 72.2 Å². The van der Waals surface area contributed by atoms with Gasteiger partial charge in [-0.25, -0.2) is 18.3 Å². The predicted molar refractivity (Wildman–Crippen MR) is 137 cm³/mol. The Bertz CT molecular complexity index is 1310. The maximum absolute atomic E-state index is 13.1. The minimum Gasteiger partial charge on any atom is -0.490 e. The van der Waals surface area contributed by atoms with Gasteiger partial charge in [-0.15, -0.1) is 0 Å². The Kier molecular flexibility index (Phi) is 8.77. The zero-order valence-corrected chi connectivity index (χ0v) is 22.3. The summed E-state index contributed by atoms with van der Waals surface area (Å²) in [6.07, 6.45) is 3.51. The molecule has 1 atom stereocenters. The lowest BCUT2D eigenvalue weighted by Crippen LogP contribution is -2.41. The Morgan fingerprint density at radius 1 is 1.11 bits per heavy atom. The topological polar surface area (TPSA) is 112 Å². The molecule has 1 amide bonds. The van der Waals surface area contributed by atoms with Crippen LogP contribution in [0.4, 0.5) is 0 Å². The van der Waals surface area contributed by atoms with Crippen LogP contribution in [-0.4, -0.2) is 51.2 Å². The zero-order valence-electron chi connectivity index (χ0n) is 21.5. The summed E-state index contributed by atoms with van der Waals surface area (Å²) in [5.41, 5.74) is 0.672. The van der Waals surface area contributed by atoms with Gasteiger partial charge >= 0.3 is 5.97 Å². The highest BCUT2D eigenvalue weighted by atomic mass is 32.2. The Hall–Kier alpha value is -3.63. The second-order valence-electron chi connectivity index (χ2n) is 9.38. The zero-order chi connectivity index (χ0) is 27.2. The lowest BCUT2D eigenvalue weighted by Gasteiger charge is -2.31. The summed E-state index contributed by atoms with van der Waals surface area (Å²) in [4.78, 5) is 30.5. The van der Waals surface area contributed by atoms with Gasteiger partial charge in [0.15, 0.2) is 9.84 Å². The number of hydrogen-bond donors (Lipinski definition) is 0. The molecule has 0 aliphatic rings. The summed E-state index contributed by atoms with van der Waals surface area (Å²) in [5.74, 6) is -1.10. The predicted octanol–water partition coefficient (Wildman–Crippen LogP) is 4.66. The van der Waals surface area contributed by atoms with Crippen LogP contribution in [0.1, 0.15) is 43.6 Å². The lowest BCUT2D eigenvalue weighted by molar-refractivity contribution is -0.232. The number of esters is 1. The van der Waals surface area contributed by atoms with Gasteiger partial charge in [0, 0.05) is 11.1 Å². The smallest absolute Gasteiger partial charge is 0.341 e. The number of amides is 1. The van der Waals surface area contributed by atoms with Gasteiger partial charge in [0.2, 0.25) is 6.41 Å². The van der Waals surface area contributed by atoms with E-state index in [2.05, 4.69) is 0 Å². The average molecular weight is 530 g/mol. The molecule has 0 saturated carbocycles. The summed E-state index contributed by atoms with van der Waals surface area (Å²) < 4.78 is 42.6. The number of benzene rings is 2. The van der Waals surface area contributed by atoms with E-state index in [-0.39, 0.29) is 28.4 Å². The van der Waals surface area contributed by atoms with Gasteiger partial charge in [0.1, 0.15) is 17.9 Å². The van der Waals surface area contributed by atoms with Gasteiger partial charge in [-0.3, -0.25) is 9.63 Å². The number of methoxy groups -OCH3 is 1. The van der Waals surface area contributed by atoms with Crippen LogP contribution in [0.2, 0.25) is 0 Å². The standard InChI is InChI=1S/C27H31NO8S/c1-19(28(18-29)36-27(2,3)4)15-35-25-23(20-13-14-34-16-20)12-11-21(24(25)26(30)33-5)17-37(31,32)22-9-7-6-8-10-22/h6-14,16,18-19H,15,17H2,1-5H3. The third-order valence-electron chi connectivity index (χ3n) is 5.30. The third kappa shape index (κ3) is 6.99. The molecule has 0 saturated heterocycles. The van der Waals surface area contributed by atoms with Gasteiger partial charge in [0.25, 0.3) is 0 Å². The van der Waals surface area contributed by atoms with Crippen molar-refractivity contribution in [2.45, 2.75) is 50.0 Å². The van der Waals surface area contributed by atoms with E-state index < -0.39 is 33.2 Å². The Labute approximate surface area is 216 Å². The molecule has 3 aromatic rings. The first-order chi connectivity index (χ1) is 17.5. The molecule has 37 heavy (non-hydrogen) atoms. The minimum absolute atomic E-state index is 0.0256. The number of ether oxygens (including phenoxy) is 2. The van der Waals surface area contributed by atoms with E-state index in [1.54, 1.807) is 64.1 Å². The van der Waals surface area contributed by atoms with Crippen LogP contribution < -0.4 is 4.74 Å². The monoisotopic (exact) mass is 529 g/mol. The summed E-state index contributed by atoms with van der Waals surface area (Å²) >= 11 is 0. The lowest BCUT2D eigenvalue weighted by atomic mass is 9.99. The molecule has 9 nitrogen and oxygen atoms in total. The number of rotatable bonds is 11. The molecule has 0 bridgehead atoms. The molecule has 198 valence electrons. The van der Waals surface area contributed by atoms with Crippen molar-refractivity contribution < 1.29 is 36.7 Å². The van der Waals surface area contributed by atoms with Gasteiger partial charge in [0.05, 0.1) is 41.9 Å². The fourth-order valence-corrected chi connectivity index (χ4v) is 4.98. The number of hydrogen-bond acceptors (Lipinski definition) is 8. The van der Waals surface area contributed by atoms with Crippen molar-refractivity contribution in [1.29, 1.82) is 0 Å². The van der Waals surface area contributed by atoms with Crippen molar-refractivity contribution >= 4 is 22.2 Å². The van der Waals surface area contributed by atoms with Crippen LogP contribution in [-0.2, 0) is 30.0 Å². The maximum atomic E-state index is 13.1. The largest absolute Gasteiger partial charge is 0.490 e. The molecule has 1 aromatic heterocycles. The van der Waals surface area contributed by atoms with Gasteiger partial charge < -0.3 is 13.9 Å². The first kappa shape index (κ1) is 27.9. The molecule has 2 aromatic carbocycles. The SMILES string of the molecule is COC(=O)c1c(CS(=O)(=O)c2ccccc2)ccc(-c2ccoc2)c1OCC(C)N(C=O)OC(C)(C)C. The molecule has 0 radical (unpaired) electrons. The van der Waals surface area contributed by atoms with Crippen LogP contribution in [0.15, 0.2) is 70.4 Å². The van der Waals surface area contributed by atoms with E-state index in [9.17, 15) is 18.0 Å². The van der Waals surface area contributed by atoms with Gasteiger partial charge in [-0.05, 0) is 51.5 Å². The van der Waals surface area contributed by atoms with Crippen molar-refractivity contribution in [1.82, 2.24) is 5.06 Å². The van der Waals surface area contributed by atoms with Crippen LogP contribution in [0.25, 0.3) is 11.1 Å². The number of sulfone groups is 1. The van der Waals surface area contributed by atoms with Crippen LogP contribution in [0, 0.1) is 0 Å². The van der Waals surface area contributed by atoms with E-state index >= 15 is 0 Å². The second-order valence-corrected chi connectivity index (χ2v) is 11.4. The quantitative estimate of drug-likeness (QED) is 0.200. The maximum Gasteiger partial charge on any atom is 0.341 e. The second kappa shape index (κ2) is 11.6. The molecular formula is C27H31NO8S. The number of carbonyl (C=O) groups excluding carboxylic acids is 2. The molecule has 0 aliphatic heterocycles. The number of carbonyl (C=O) groups is 2. The molecule has 10 heteroatoms. The number of hydroxylamine groups is 2. The first-order valence-electron chi connectivity index (χ1n) is 11.6. The van der Waals surface area contributed by atoms with Crippen LogP contribution in [0.3, 0.4) is 0 Å².